The van der Waals surface area contributed by atoms with E-state index in [1.807, 2.05) is 12.1 Å². The number of hydrogen-bond donors (Lipinski definition) is 1. The van der Waals surface area contributed by atoms with Gasteiger partial charge in [0.1, 0.15) is 0 Å². The highest BCUT2D eigenvalue weighted by Crippen LogP contribution is 2.32. The first-order valence-electron chi connectivity index (χ1n) is 9.66. The summed E-state index contributed by atoms with van der Waals surface area (Å²) in [5.41, 5.74) is 4.78. The molecular formula is C22H26N2O2S. The van der Waals surface area contributed by atoms with Gasteiger partial charge in [0.15, 0.2) is 0 Å². The van der Waals surface area contributed by atoms with Crippen LogP contribution >= 0.6 is 0 Å². The number of sulfonamides is 1. The maximum atomic E-state index is 12.9. The molecule has 0 radical (unpaired) electrons. The lowest BCUT2D eigenvalue weighted by atomic mass is 9.95. The molecule has 1 aromatic heterocycles. The molecule has 0 atom stereocenters. The molecule has 4 rings (SSSR count). The Balaban J connectivity index is 1.48. The van der Waals surface area contributed by atoms with Gasteiger partial charge in [0.05, 0.1) is 4.90 Å². The zero-order valence-electron chi connectivity index (χ0n) is 15.9. The molecule has 0 saturated carbocycles. The number of rotatable bonds is 4. The van der Waals surface area contributed by atoms with E-state index in [1.165, 1.54) is 16.6 Å². The minimum absolute atomic E-state index is 0.381. The molecule has 27 heavy (non-hydrogen) atoms. The third kappa shape index (κ3) is 3.54. The molecule has 3 aromatic rings. The molecule has 1 aliphatic rings. The Kier molecular flexibility index (Phi) is 4.82. The summed E-state index contributed by atoms with van der Waals surface area (Å²) in [5, 5.41) is 1.23. The van der Waals surface area contributed by atoms with E-state index < -0.39 is 10.0 Å². The number of H-pyrrole nitrogens is 1. The molecule has 4 nitrogen and oxygen atoms in total. The number of piperidine rings is 1. The van der Waals surface area contributed by atoms with Gasteiger partial charge < -0.3 is 4.98 Å². The Morgan fingerprint density at radius 1 is 1.04 bits per heavy atom. The van der Waals surface area contributed by atoms with E-state index in [-0.39, 0.29) is 0 Å². The van der Waals surface area contributed by atoms with Crippen molar-refractivity contribution in [2.45, 2.75) is 43.9 Å². The predicted octanol–water partition coefficient (Wildman–Crippen LogP) is 4.61. The van der Waals surface area contributed by atoms with Crippen LogP contribution in [-0.2, 0) is 16.4 Å². The van der Waals surface area contributed by atoms with Crippen molar-refractivity contribution in [3.63, 3.8) is 0 Å². The summed E-state index contributed by atoms with van der Waals surface area (Å²) in [7, 11) is -3.40. The van der Waals surface area contributed by atoms with Crippen LogP contribution in [0.25, 0.3) is 10.9 Å². The molecular weight excluding hydrogens is 356 g/mol. The van der Waals surface area contributed by atoms with Gasteiger partial charge in [-0.25, -0.2) is 8.42 Å². The number of aryl methyl sites for hydroxylation is 2. The number of benzene rings is 2. The fraction of sp³-hybridized carbons (Fsp3) is 0.364. The summed E-state index contributed by atoms with van der Waals surface area (Å²) in [6, 6.07) is 15.9. The van der Waals surface area contributed by atoms with E-state index in [0.717, 1.165) is 30.3 Å². The zero-order chi connectivity index (χ0) is 19.0. The number of fused-ring (bicyclic) bond motifs is 1. The average Bonchev–Trinajstić information content (AvgIpc) is 3.11. The van der Waals surface area contributed by atoms with Crippen LogP contribution in [0.1, 0.15) is 42.5 Å². The standard InChI is InChI=1S/C22H26N2O2S/c1-3-17-5-7-20(8-6-17)27(25,26)24-12-10-18(11-13-24)22-15-19-14-16(2)4-9-21(19)23-22/h4-9,14-15,18,23H,3,10-13H2,1-2H3. The van der Waals surface area contributed by atoms with Crippen molar-refractivity contribution in [1.82, 2.24) is 9.29 Å². The highest BCUT2D eigenvalue weighted by Gasteiger charge is 2.30. The van der Waals surface area contributed by atoms with E-state index in [1.54, 1.807) is 16.4 Å². The maximum Gasteiger partial charge on any atom is 0.243 e. The molecule has 0 bridgehead atoms. The monoisotopic (exact) mass is 382 g/mol. The Morgan fingerprint density at radius 3 is 2.41 bits per heavy atom. The summed E-state index contributed by atoms with van der Waals surface area (Å²) < 4.78 is 27.5. The Morgan fingerprint density at radius 2 is 1.74 bits per heavy atom. The van der Waals surface area contributed by atoms with Crippen molar-refractivity contribution < 1.29 is 8.42 Å². The van der Waals surface area contributed by atoms with Crippen LogP contribution in [0.15, 0.2) is 53.4 Å². The first-order chi connectivity index (χ1) is 13.0. The molecule has 0 spiro atoms. The molecule has 0 unspecified atom stereocenters. The molecule has 0 amide bonds. The Labute approximate surface area is 161 Å². The number of nitrogens with one attached hydrogen (secondary N) is 1. The van der Waals surface area contributed by atoms with Crippen LogP contribution in [0.2, 0.25) is 0 Å². The average molecular weight is 383 g/mol. The molecule has 1 aliphatic heterocycles. The SMILES string of the molecule is CCc1ccc(S(=O)(=O)N2CCC(c3cc4cc(C)ccc4[nH]3)CC2)cc1. The lowest BCUT2D eigenvalue weighted by Gasteiger charge is -2.30. The van der Waals surface area contributed by atoms with Crippen molar-refractivity contribution in [3.05, 3.63) is 65.4 Å². The van der Waals surface area contributed by atoms with Crippen LogP contribution in [0.5, 0.6) is 0 Å². The third-order valence-electron chi connectivity index (χ3n) is 5.66. The predicted molar refractivity (Wildman–Crippen MR) is 110 cm³/mol. The largest absolute Gasteiger partial charge is 0.358 e. The van der Waals surface area contributed by atoms with Crippen molar-refractivity contribution in [2.75, 3.05) is 13.1 Å². The van der Waals surface area contributed by atoms with E-state index in [0.29, 0.717) is 23.9 Å². The maximum absolute atomic E-state index is 12.9. The Hall–Kier alpha value is -2.11. The molecule has 0 aliphatic carbocycles. The summed E-state index contributed by atoms with van der Waals surface area (Å²) >= 11 is 0. The summed E-state index contributed by atoms with van der Waals surface area (Å²) in [5.74, 6) is 0.381. The van der Waals surface area contributed by atoms with Gasteiger partial charge in [0.25, 0.3) is 0 Å². The molecule has 2 heterocycles. The molecule has 5 heteroatoms. The molecule has 2 aromatic carbocycles. The summed E-state index contributed by atoms with van der Waals surface area (Å²) in [4.78, 5) is 3.92. The van der Waals surface area contributed by atoms with Gasteiger partial charge in [-0.2, -0.15) is 4.31 Å². The summed E-state index contributed by atoms with van der Waals surface area (Å²) in [6.07, 6.45) is 2.60. The van der Waals surface area contributed by atoms with Gasteiger partial charge in [-0.1, -0.05) is 30.7 Å². The van der Waals surface area contributed by atoms with Crippen LogP contribution in [-0.4, -0.2) is 30.8 Å². The van der Waals surface area contributed by atoms with Crippen molar-refractivity contribution >= 4 is 20.9 Å². The van der Waals surface area contributed by atoms with Gasteiger partial charge in [-0.05, 0) is 67.5 Å². The second-order valence-corrected chi connectivity index (χ2v) is 9.43. The Bertz CT molecular complexity index is 1040. The molecule has 142 valence electrons. The lowest BCUT2D eigenvalue weighted by Crippen LogP contribution is -2.37. The fourth-order valence-electron chi connectivity index (χ4n) is 3.95. The van der Waals surface area contributed by atoms with E-state index in [2.05, 4.69) is 43.1 Å². The number of hydrogen-bond acceptors (Lipinski definition) is 2. The first-order valence-corrected chi connectivity index (χ1v) is 11.1. The lowest BCUT2D eigenvalue weighted by molar-refractivity contribution is 0.317. The third-order valence-corrected chi connectivity index (χ3v) is 7.57. The number of nitrogens with zero attached hydrogens (tertiary/aromatic N) is 1. The van der Waals surface area contributed by atoms with Gasteiger partial charge >= 0.3 is 0 Å². The van der Waals surface area contributed by atoms with Crippen LogP contribution in [0, 0.1) is 6.92 Å². The van der Waals surface area contributed by atoms with E-state index >= 15 is 0 Å². The van der Waals surface area contributed by atoms with E-state index in [4.69, 9.17) is 0 Å². The van der Waals surface area contributed by atoms with Crippen molar-refractivity contribution in [2.24, 2.45) is 0 Å². The second kappa shape index (κ2) is 7.13. The van der Waals surface area contributed by atoms with E-state index in [9.17, 15) is 8.42 Å². The van der Waals surface area contributed by atoms with Gasteiger partial charge in [-0.15, -0.1) is 0 Å². The number of aromatic amines is 1. The minimum Gasteiger partial charge on any atom is -0.358 e. The van der Waals surface area contributed by atoms with Crippen LogP contribution in [0.4, 0.5) is 0 Å². The molecule has 1 saturated heterocycles. The smallest absolute Gasteiger partial charge is 0.243 e. The van der Waals surface area contributed by atoms with Crippen molar-refractivity contribution in [1.29, 1.82) is 0 Å². The highest BCUT2D eigenvalue weighted by molar-refractivity contribution is 7.89. The van der Waals surface area contributed by atoms with Crippen molar-refractivity contribution in [3.8, 4) is 0 Å². The normalized spacial score (nSPS) is 16.8. The topological polar surface area (TPSA) is 53.2 Å². The fourth-order valence-corrected chi connectivity index (χ4v) is 5.42. The molecule has 1 fully saturated rings. The zero-order valence-corrected chi connectivity index (χ0v) is 16.7. The van der Waals surface area contributed by atoms with Gasteiger partial charge in [-0.3, -0.25) is 0 Å². The van der Waals surface area contributed by atoms with Crippen LogP contribution < -0.4 is 0 Å². The van der Waals surface area contributed by atoms with Gasteiger partial charge in [0.2, 0.25) is 10.0 Å². The molecule has 1 N–H and O–H groups in total. The first kappa shape index (κ1) is 18.3. The van der Waals surface area contributed by atoms with Gasteiger partial charge in [0, 0.05) is 30.2 Å². The van der Waals surface area contributed by atoms with Crippen LogP contribution in [0.3, 0.4) is 0 Å². The minimum atomic E-state index is -3.40. The second-order valence-electron chi connectivity index (χ2n) is 7.49. The quantitative estimate of drug-likeness (QED) is 0.716. The number of aromatic nitrogens is 1. The highest BCUT2D eigenvalue weighted by atomic mass is 32.2. The summed E-state index contributed by atoms with van der Waals surface area (Å²) in [6.45, 7) is 5.30.